The van der Waals surface area contributed by atoms with Gasteiger partial charge in [-0.15, -0.1) is 0 Å². The van der Waals surface area contributed by atoms with Crippen LogP contribution in [0.2, 0.25) is 0 Å². The molecule has 1 heterocycles. The summed E-state index contributed by atoms with van der Waals surface area (Å²) < 4.78 is 10.6. The van der Waals surface area contributed by atoms with Crippen molar-refractivity contribution >= 4 is 0 Å². The molecule has 0 aromatic carbocycles. The molecule has 0 aliphatic carbocycles. The molecular weight excluding hydrogens is 178 g/mol. The fourth-order valence-electron chi connectivity index (χ4n) is 1.90. The molecule has 3 heteroatoms. The topological polar surface area (TPSA) is 21.7 Å². The number of rotatable bonds is 6. The van der Waals surface area contributed by atoms with Gasteiger partial charge in [-0.25, -0.2) is 0 Å². The number of methoxy groups -OCH3 is 1. The van der Waals surface area contributed by atoms with Crippen LogP contribution in [0.25, 0.3) is 0 Å². The van der Waals surface area contributed by atoms with Crippen LogP contribution in [0, 0.1) is 0 Å². The summed E-state index contributed by atoms with van der Waals surface area (Å²) in [5, 5.41) is 0. The van der Waals surface area contributed by atoms with E-state index in [1.165, 1.54) is 19.3 Å². The van der Waals surface area contributed by atoms with Crippen molar-refractivity contribution in [1.82, 2.24) is 4.90 Å². The molecule has 1 unspecified atom stereocenters. The molecule has 84 valence electrons. The molecule has 1 rings (SSSR count). The molecule has 0 N–H and O–H groups in total. The highest BCUT2D eigenvalue weighted by Crippen LogP contribution is 2.12. The van der Waals surface area contributed by atoms with Crippen molar-refractivity contribution in [3.05, 3.63) is 0 Å². The van der Waals surface area contributed by atoms with Crippen LogP contribution < -0.4 is 0 Å². The molecule has 0 saturated carbocycles. The third kappa shape index (κ3) is 3.95. The Morgan fingerprint density at radius 3 is 3.07 bits per heavy atom. The van der Waals surface area contributed by atoms with Crippen molar-refractivity contribution in [1.29, 1.82) is 0 Å². The number of morpholine rings is 1. The molecule has 0 amide bonds. The maximum Gasteiger partial charge on any atom is 0.0622 e. The predicted octanol–water partition coefficient (Wildman–Crippen LogP) is 1.52. The van der Waals surface area contributed by atoms with Crippen LogP contribution in [0.1, 0.15) is 26.2 Å². The standard InChI is InChI=1S/C11H23NO2/c1-3-4-5-11-10-14-9-7-12(11)6-8-13-2/h11H,3-10H2,1-2H3. The lowest BCUT2D eigenvalue weighted by molar-refractivity contribution is -0.0199. The van der Waals surface area contributed by atoms with E-state index in [4.69, 9.17) is 9.47 Å². The van der Waals surface area contributed by atoms with Gasteiger partial charge < -0.3 is 9.47 Å². The number of ether oxygens (including phenoxy) is 2. The number of nitrogens with zero attached hydrogens (tertiary/aromatic N) is 1. The Morgan fingerprint density at radius 1 is 1.50 bits per heavy atom. The Kier molecular flexibility index (Phi) is 6.15. The van der Waals surface area contributed by atoms with Gasteiger partial charge in [0.15, 0.2) is 0 Å². The quantitative estimate of drug-likeness (QED) is 0.650. The van der Waals surface area contributed by atoms with Gasteiger partial charge in [-0.2, -0.15) is 0 Å². The van der Waals surface area contributed by atoms with Gasteiger partial charge in [0.25, 0.3) is 0 Å². The van der Waals surface area contributed by atoms with E-state index in [1.54, 1.807) is 7.11 Å². The minimum atomic E-state index is 0.624. The van der Waals surface area contributed by atoms with Crippen molar-refractivity contribution in [2.75, 3.05) is 40.0 Å². The molecule has 14 heavy (non-hydrogen) atoms. The van der Waals surface area contributed by atoms with Crippen LogP contribution in [0.15, 0.2) is 0 Å². The molecule has 0 aromatic heterocycles. The zero-order valence-corrected chi connectivity index (χ0v) is 9.50. The van der Waals surface area contributed by atoms with E-state index in [1.807, 2.05) is 0 Å². The van der Waals surface area contributed by atoms with E-state index in [2.05, 4.69) is 11.8 Å². The first-order valence-corrected chi connectivity index (χ1v) is 5.69. The summed E-state index contributed by atoms with van der Waals surface area (Å²) in [5.41, 5.74) is 0. The summed E-state index contributed by atoms with van der Waals surface area (Å²) in [6, 6.07) is 0.624. The monoisotopic (exact) mass is 201 g/mol. The van der Waals surface area contributed by atoms with Crippen LogP contribution in [0.4, 0.5) is 0 Å². The van der Waals surface area contributed by atoms with E-state index >= 15 is 0 Å². The van der Waals surface area contributed by atoms with Crippen molar-refractivity contribution in [3.8, 4) is 0 Å². The maximum absolute atomic E-state index is 5.51. The summed E-state index contributed by atoms with van der Waals surface area (Å²) >= 11 is 0. The summed E-state index contributed by atoms with van der Waals surface area (Å²) in [6.07, 6.45) is 3.84. The third-order valence-corrected chi connectivity index (χ3v) is 2.82. The van der Waals surface area contributed by atoms with Gasteiger partial charge in [0.1, 0.15) is 0 Å². The van der Waals surface area contributed by atoms with E-state index in [0.29, 0.717) is 6.04 Å². The zero-order valence-electron chi connectivity index (χ0n) is 9.50. The molecule has 1 atom stereocenters. The van der Waals surface area contributed by atoms with Crippen molar-refractivity contribution in [2.45, 2.75) is 32.2 Å². The predicted molar refractivity (Wildman–Crippen MR) is 57.6 cm³/mol. The van der Waals surface area contributed by atoms with Gasteiger partial charge in [0, 0.05) is 26.2 Å². The Bertz CT molecular complexity index is 125. The number of hydrogen-bond acceptors (Lipinski definition) is 3. The first-order valence-electron chi connectivity index (χ1n) is 5.69. The lowest BCUT2D eigenvalue weighted by Crippen LogP contribution is -2.46. The summed E-state index contributed by atoms with van der Waals surface area (Å²) in [5.74, 6) is 0. The van der Waals surface area contributed by atoms with E-state index in [-0.39, 0.29) is 0 Å². The summed E-state index contributed by atoms with van der Waals surface area (Å²) in [7, 11) is 1.77. The van der Waals surface area contributed by atoms with E-state index in [9.17, 15) is 0 Å². The molecule has 1 saturated heterocycles. The van der Waals surface area contributed by atoms with Gasteiger partial charge >= 0.3 is 0 Å². The van der Waals surface area contributed by atoms with Crippen molar-refractivity contribution in [2.24, 2.45) is 0 Å². The summed E-state index contributed by atoms with van der Waals surface area (Å²) in [6.45, 7) is 6.98. The molecule has 0 aromatic rings. The molecular formula is C11H23NO2. The zero-order chi connectivity index (χ0) is 10.2. The highest BCUT2D eigenvalue weighted by molar-refractivity contribution is 4.74. The smallest absolute Gasteiger partial charge is 0.0622 e. The van der Waals surface area contributed by atoms with E-state index < -0.39 is 0 Å². The van der Waals surface area contributed by atoms with Crippen LogP contribution in [0.3, 0.4) is 0 Å². The van der Waals surface area contributed by atoms with Crippen LogP contribution in [-0.4, -0.2) is 51.0 Å². The molecule has 3 nitrogen and oxygen atoms in total. The molecule has 1 fully saturated rings. The first kappa shape index (κ1) is 12.0. The van der Waals surface area contributed by atoms with Crippen molar-refractivity contribution < 1.29 is 9.47 Å². The van der Waals surface area contributed by atoms with Crippen molar-refractivity contribution in [3.63, 3.8) is 0 Å². The average molecular weight is 201 g/mol. The Balaban J connectivity index is 2.26. The highest BCUT2D eigenvalue weighted by atomic mass is 16.5. The number of unbranched alkanes of at least 4 members (excludes halogenated alkanes) is 1. The second-order valence-corrected chi connectivity index (χ2v) is 3.90. The van der Waals surface area contributed by atoms with E-state index in [0.717, 1.165) is 32.9 Å². The van der Waals surface area contributed by atoms with Gasteiger partial charge in [-0.05, 0) is 6.42 Å². The first-order chi connectivity index (χ1) is 6.88. The largest absolute Gasteiger partial charge is 0.383 e. The SMILES string of the molecule is CCCCC1COCCN1CCOC. The second-order valence-electron chi connectivity index (χ2n) is 3.90. The molecule has 0 spiro atoms. The lowest BCUT2D eigenvalue weighted by atomic mass is 10.1. The Hall–Kier alpha value is -0.120. The molecule has 1 aliphatic rings. The minimum absolute atomic E-state index is 0.624. The molecule has 1 aliphatic heterocycles. The Morgan fingerprint density at radius 2 is 2.36 bits per heavy atom. The average Bonchev–Trinajstić information content (AvgIpc) is 2.24. The summed E-state index contributed by atoms with van der Waals surface area (Å²) in [4.78, 5) is 2.50. The van der Waals surface area contributed by atoms with Crippen LogP contribution in [-0.2, 0) is 9.47 Å². The normalized spacial score (nSPS) is 24.0. The fourth-order valence-corrected chi connectivity index (χ4v) is 1.90. The van der Waals surface area contributed by atoms with Crippen LogP contribution in [0.5, 0.6) is 0 Å². The third-order valence-electron chi connectivity index (χ3n) is 2.82. The second kappa shape index (κ2) is 7.21. The lowest BCUT2D eigenvalue weighted by Gasteiger charge is -2.35. The number of hydrogen-bond donors (Lipinski definition) is 0. The fraction of sp³-hybridized carbons (Fsp3) is 1.00. The van der Waals surface area contributed by atoms with Gasteiger partial charge in [-0.3, -0.25) is 4.90 Å². The highest BCUT2D eigenvalue weighted by Gasteiger charge is 2.21. The molecule has 0 bridgehead atoms. The van der Waals surface area contributed by atoms with Gasteiger partial charge in [-0.1, -0.05) is 19.8 Å². The minimum Gasteiger partial charge on any atom is -0.383 e. The maximum atomic E-state index is 5.51. The van der Waals surface area contributed by atoms with Crippen LogP contribution >= 0.6 is 0 Å². The molecule has 0 radical (unpaired) electrons. The Labute approximate surface area is 87.4 Å². The van der Waals surface area contributed by atoms with Gasteiger partial charge in [0.05, 0.1) is 19.8 Å². The van der Waals surface area contributed by atoms with Gasteiger partial charge in [0.2, 0.25) is 0 Å².